The predicted octanol–water partition coefficient (Wildman–Crippen LogP) is 0.441. The van der Waals surface area contributed by atoms with Gasteiger partial charge in [0.25, 0.3) is 0 Å². The quantitative estimate of drug-likeness (QED) is 0.759. The van der Waals surface area contributed by atoms with Crippen molar-refractivity contribution < 1.29 is 14.7 Å². The Morgan fingerprint density at radius 1 is 1.65 bits per heavy atom. The fraction of sp³-hybridized carbons (Fsp3) is 0.800. The molecular weight excluding hydrogens is 260 g/mol. The van der Waals surface area contributed by atoms with Crippen LogP contribution in [0.4, 0.5) is 0 Å². The molecule has 1 rings (SSSR count). The SMILES string of the molecule is CSCC[C@@H](N)C(=O)N1C(C)SCC1C(=O)O. The van der Waals surface area contributed by atoms with Gasteiger partial charge in [-0.25, -0.2) is 4.79 Å². The topological polar surface area (TPSA) is 83.6 Å². The molecule has 17 heavy (non-hydrogen) atoms. The Hall–Kier alpha value is -0.400. The van der Waals surface area contributed by atoms with Crippen LogP contribution in [-0.4, -0.2) is 57.1 Å². The van der Waals surface area contributed by atoms with E-state index in [9.17, 15) is 9.59 Å². The van der Waals surface area contributed by atoms with E-state index in [2.05, 4.69) is 0 Å². The molecule has 5 nitrogen and oxygen atoms in total. The Morgan fingerprint density at radius 2 is 2.29 bits per heavy atom. The third-order valence-electron chi connectivity index (χ3n) is 2.71. The highest BCUT2D eigenvalue weighted by Gasteiger charge is 2.40. The summed E-state index contributed by atoms with van der Waals surface area (Å²) in [6.07, 6.45) is 2.53. The summed E-state index contributed by atoms with van der Waals surface area (Å²) in [5.74, 6) is 0.0496. The lowest BCUT2D eigenvalue weighted by Gasteiger charge is -2.27. The molecule has 1 amide bonds. The number of hydrogen-bond acceptors (Lipinski definition) is 5. The number of carboxylic acid groups (broad SMARTS) is 1. The van der Waals surface area contributed by atoms with Crippen LogP contribution >= 0.6 is 23.5 Å². The number of nitrogens with zero attached hydrogens (tertiary/aromatic N) is 1. The number of carbonyl (C=O) groups excluding carboxylic acids is 1. The average molecular weight is 278 g/mol. The van der Waals surface area contributed by atoms with E-state index in [1.807, 2.05) is 13.2 Å². The first-order valence-electron chi connectivity index (χ1n) is 5.40. The Bertz CT molecular complexity index is 301. The molecule has 7 heteroatoms. The second-order valence-electron chi connectivity index (χ2n) is 3.92. The summed E-state index contributed by atoms with van der Waals surface area (Å²) in [7, 11) is 0. The van der Waals surface area contributed by atoms with Crippen molar-refractivity contribution in [2.45, 2.75) is 30.8 Å². The van der Waals surface area contributed by atoms with Gasteiger partial charge in [-0.3, -0.25) is 4.79 Å². The minimum Gasteiger partial charge on any atom is -0.480 e. The molecule has 1 saturated heterocycles. The molecule has 3 N–H and O–H groups in total. The molecule has 98 valence electrons. The first-order valence-corrected chi connectivity index (χ1v) is 7.84. The molecule has 2 unspecified atom stereocenters. The lowest BCUT2D eigenvalue weighted by atomic mass is 10.1. The van der Waals surface area contributed by atoms with E-state index in [4.69, 9.17) is 10.8 Å². The molecule has 0 spiro atoms. The van der Waals surface area contributed by atoms with Gasteiger partial charge >= 0.3 is 5.97 Å². The van der Waals surface area contributed by atoms with Crippen molar-refractivity contribution in [3.63, 3.8) is 0 Å². The predicted molar refractivity (Wildman–Crippen MR) is 71.2 cm³/mol. The molecule has 1 aliphatic rings. The maximum Gasteiger partial charge on any atom is 0.327 e. The lowest BCUT2D eigenvalue weighted by molar-refractivity contribution is -0.149. The molecule has 3 atom stereocenters. The van der Waals surface area contributed by atoms with Gasteiger partial charge < -0.3 is 15.7 Å². The molecule has 0 aromatic heterocycles. The van der Waals surface area contributed by atoms with E-state index in [0.717, 1.165) is 5.75 Å². The smallest absolute Gasteiger partial charge is 0.327 e. The molecule has 0 bridgehead atoms. The molecule has 0 radical (unpaired) electrons. The first kappa shape index (κ1) is 14.7. The summed E-state index contributed by atoms with van der Waals surface area (Å²) < 4.78 is 0. The van der Waals surface area contributed by atoms with Gasteiger partial charge in [0.1, 0.15) is 6.04 Å². The van der Waals surface area contributed by atoms with Crippen LogP contribution in [0.2, 0.25) is 0 Å². The Morgan fingerprint density at radius 3 is 2.82 bits per heavy atom. The van der Waals surface area contributed by atoms with Gasteiger partial charge in [-0.1, -0.05) is 0 Å². The largest absolute Gasteiger partial charge is 0.480 e. The zero-order valence-electron chi connectivity index (χ0n) is 9.96. The molecule has 1 aliphatic heterocycles. The second-order valence-corrected chi connectivity index (χ2v) is 6.25. The number of thioether (sulfide) groups is 2. The van der Waals surface area contributed by atoms with Crippen molar-refractivity contribution in [3.8, 4) is 0 Å². The number of carboxylic acids is 1. The van der Waals surface area contributed by atoms with Crippen LogP contribution in [-0.2, 0) is 9.59 Å². The zero-order valence-corrected chi connectivity index (χ0v) is 11.6. The van der Waals surface area contributed by atoms with E-state index < -0.39 is 18.1 Å². The molecule has 0 aromatic carbocycles. The standard InChI is InChI=1S/C10H18N2O3S2/c1-6-12(8(5-17-6)10(14)15)9(13)7(11)3-4-16-2/h6-8H,3-5,11H2,1-2H3,(H,14,15)/t6?,7-,8?/m1/s1. The van der Waals surface area contributed by atoms with Gasteiger partial charge in [0.2, 0.25) is 5.91 Å². The number of nitrogens with two attached hydrogens (primary N) is 1. The van der Waals surface area contributed by atoms with Crippen LogP contribution in [0.3, 0.4) is 0 Å². The molecule has 0 saturated carbocycles. The van der Waals surface area contributed by atoms with Crippen LogP contribution in [0, 0.1) is 0 Å². The van der Waals surface area contributed by atoms with Gasteiger partial charge in [-0.15, -0.1) is 11.8 Å². The van der Waals surface area contributed by atoms with Gasteiger partial charge in [-0.2, -0.15) is 11.8 Å². The zero-order chi connectivity index (χ0) is 13.0. The van der Waals surface area contributed by atoms with Crippen molar-refractivity contribution in [2.75, 3.05) is 17.8 Å². The van der Waals surface area contributed by atoms with E-state index in [0.29, 0.717) is 12.2 Å². The first-order chi connectivity index (χ1) is 7.99. The van der Waals surface area contributed by atoms with E-state index >= 15 is 0 Å². The van der Waals surface area contributed by atoms with Gasteiger partial charge in [0.15, 0.2) is 0 Å². The second kappa shape index (κ2) is 6.51. The van der Waals surface area contributed by atoms with Gasteiger partial charge in [0, 0.05) is 5.75 Å². The normalized spacial score (nSPS) is 25.9. The van der Waals surface area contributed by atoms with Crippen LogP contribution in [0.25, 0.3) is 0 Å². The maximum absolute atomic E-state index is 12.1. The van der Waals surface area contributed by atoms with Crippen molar-refractivity contribution >= 4 is 35.4 Å². The Balaban J connectivity index is 2.68. The number of aliphatic carboxylic acids is 1. The van der Waals surface area contributed by atoms with Crippen LogP contribution in [0.5, 0.6) is 0 Å². The number of carbonyl (C=O) groups is 2. The lowest BCUT2D eigenvalue weighted by Crippen LogP contribution is -2.51. The summed E-state index contributed by atoms with van der Waals surface area (Å²) in [6, 6.07) is -1.33. The summed E-state index contributed by atoms with van der Waals surface area (Å²) >= 11 is 3.10. The maximum atomic E-state index is 12.1. The van der Waals surface area contributed by atoms with Gasteiger partial charge in [0.05, 0.1) is 11.4 Å². The Labute approximate surface area is 109 Å². The van der Waals surface area contributed by atoms with Crippen LogP contribution in [0.15, 0.2) is 0 Å². The van der Waals surface area contributed by atoms with Crippen molar-refractivity contribution in [3.05, 3.63) is 0 Å². The summed E-state index contributed by atoms with van der Waals surface area (Å²) in [5.41, 5.74) is 5.80. The monoisotopic (exact) mass is 278 g/mol. The number of hydrogen-bond donors (Lipinski definition) is 2. The van der Waals surface area contributed by atoms with Crippen molar-refractivity contribution in [2.24, 2.45) is 5.73 Å². The van der Waals surface area contributed by atoms with Crippen LogP contribution in [0.1, 0.15) is 13.3 Å². The third-order valence-corrected chi connectivity index (χ3v) is 4.57. The minimum atomic E-state index is -0.952. The highest BCUT2D eigenvalue weighted by atomic mass is 32.2. The van der Waals surface area contributed by atoms with Crippen molar-refractivity contribution in [1.82, 2.24) is 4.90 Å². The Kier molecular flexibility index (Phi) is 5.61. The third kappa shape index (κ3) is 3.53. The number of amides is 1. The summed E-state index contributed by atoms with van der Waals surface area (Å²) in [6.45, 7) is 1.84. The minimum absolute atomic E-state index is 0.107. The van der Waals surface area contributed by atoms with Crippen LogP contribution < -0.4 is 5.73 Å². The fourth-order valence-electron chi connectivity index (χ4n) is 1.73. The molecular formula is C10H18N2O3S2. The summed E-state index contributed by atoms with van der Waals surface area (Å²) in [5, 5.41) is 8.95. The molecule has 1 fully saturated rings. The highest BCUT2D eigenvalue weighted by Crippen LogP contribution is 2.29. The van der Waals surface area contributed by atoms with E-state index in [1.54, 1.807) is 11.8 Å². The number of rotatable bonds is 5. The van der Waals surface area contributed by atoms with E-state index in [1.165, 1.54) is 16.7 Å². The molecule has 0 aromatic rings. The summed E-state index contributed by atoms with van der Waals surface area (Å²) in [4.78, 5) is 24.6. The van der Waals surface area contributed by atoms with Crippen molar-refractivity contribution in [1.29, 1.82) is 0 Å². The van der Waals surface area contributed by atoms with E-state index in [-0.39, 0.29) is 11.3 Å². The molecule has 0 aliphatic carbocycles. The highest BCUT2D eigenvalue weighted by molar-refractivity contribution is 8.00. The fourth-order valence-corrected chi connectivity index (χ4v) is 3.39. The van der Waals surface area contributed by atoms with Gasteiger partial charge in [-0.05, 0) is 25.4 Å². The molecule has 1 heterocycles. The average Bonchev–Trinajstić information content (AvgIpc) is 2.67.